The SMILES string of the molecule is O=S(=O)(c1ccccc1)C(Cc1ccccc1)(Cc1ccccc1)n1nnc2ccccc21. The van der Waals surface area contributed by atoms with Crippen LogP contribution in [0.1, 0.15) is 11.1 Å². The average molecular weight is 454 g/mol. The van der Waals surface area contributed by atoms with E-state index in [9.17, 15) is 8.42 Å². The highest BCUT2D eigenvalue weighted by Crippen LogP contribution is 2.38. The molecular formula is C27H23N3O2S. The molecule has 33 heavy (non-hydrogen) atoms. The molecule has 1 heterocycles. The van der Waals surface area contributed by atoms with Crippen LogP contribution in [0.3, 0.4) is 0 Å². The normalized spacial score (nSPS) is 12.1. The monoisotopic (exact) mass is 453 g/mol. The van der Waals surface area contributed by atoms with Crippen LogP contribution in [0.4, 0.5) is 0 Å². The number of fused-ring (bicyclic) bond motifs is 1. The summed E-state index contributed by atoms with van der Waals surface area (Å²) in [6.07, 6.45) is 0.487. The van der Waals surface area contributed by atoms with E-state index in [1.165, 1.54) is 0 Å². The molecule has 0 aliphatic rings. The fraction of sp³-hybridized carbons (Fsp3) is 0.111. The van der Waals surface area contributed by atoms with Crippen LogP contribution in [-0.4, -0.2) is 23.4 Å². The van der Waals surface area contributed by atoms with Crippen molar-refractivity contribution in [2.24, 2.45) is 0 Å². The number of hydrogen-bond acceptors (Lipinski definition) is 4. The molecule has 0 radical (unpaired) electrons. The molecule has 5 rings (SSSR count). The van der Waals surface area contributed by atoms with Gasteiger partial charge in [-0.1, -0.05) is 96.2 Å². The largest absolute Gasteiger partial charge is 0.222 e. The maximum Gasteiger partial charge on any atom is 0.204 e. The van der Waals surface area contributed by atoms with Crippen molar-refractivity contribution >= 4 is 20.9 Å². The van der Waals surface area contributed by atoms with E-state index in [2.05, 4.69) is 10.3 Å². The van der Waals surface area contributed by atoms with Gasteiger partial charge >= 0.3 is 0 Å². The zero-order valence-electron chi connectivity index (χ0n) is 18.0. The van der Waals surface area contributed by atoms with Gasteiger partial charge in [0.2, 0.25) is 9.84 Å². The minimum absolute atomic E-state index is 0.243. The number of benzene rings is 4. The zero-order chi connectivity index (χ0) is 22.7. The first-order valence-electron chi connectivity index (χ1n) is 10.8. The molecule has 0 atom stereocenters. The Morgan fingerprint density at radius 2 is 1.12 bits per heavy atom. The Morgan fingerprint density at radius 3 is 1.70 bits per heavy atom. The van der Waals surface area contributed by atoms with Gasteiger partial charge in [-0.3, -0.25) is 0 Å². The fourth-order valence-corrected chi connectivity index (χ4v) is 6.36. The lowest BCUT2D eigenvalue weighted by atomic mass is 9.98. The number of hydrogen-bond donors (Lipinski definition) is 0. The lowest BCUT2D eigenvalue weighted by Crippen LogP contribution is -2.46. The molecule has 1 aromatic heterocycles. The maximum atomic E-state index is 14.5. The van der Waals surface area contributed by atoms with Crippen LogP contribution in [0.15, 0.2) is 120 Å². The predicted molar refractivity (Wildman–Crippen MR) is 129 cm³/mol. The van der Waals surface area contributed by atoms with Crippen molar-refractivity contribution in [3.63, 3.8) is 0 Å². The maximum absolute atomic E-state index is 14.5. The predicted octanol–water partition coefficient (Wildman–Crippen LogP) is 5.04. The molecule has 0 bridgehead atoms. The van der Waals surface area contributed by atoms with Gasteiger partial charge in [0.15, 0.2) is 4.87 Å². The zero-order valence-corrected chi connectivity index (χ0v) is 18.8. The summed E-state index contributed by atoms with van der Waals surface area (Å²) in [6.45, 7) is 0. The molecule has 0 saturated heterocycles. The summed E-state index contributed by atoms with van der Waals surface area (Å²) in [5, 5.41) is 8.76. The Hall–Kier alpha value is -3.77. The van der Waals surface area contributed by atoms with Gasteiger partial charge in [0.25, 0.3) is 0 Å². The summed E-state index contributed by atoms with van der Waals surface area (Å²) >= 11 is 0. The van der Waals surface area contributed by atoms with E-state index in [4.69, 9.17) is 0 Å². The highest BCUT2D eigenvalue weighted by atomic mass is 32.2. The third-order valence-corrected chi connectivity index (χ3v) is 8.29. The van der Waals surface area contributed by atoms with Crippen molar-refractivity contribution in [3.05, 3.63) is 126 Å². The van der Waals surface area contributed by atoms with Crippen LogP contribution < -0.4 is 0 Å². The molecule has 6 heteroatoms. The molecule has 0 fully saturated rings. The van der Waals surface area contributed by atoms with Crippen LogP contribution in [0.25, 0.3) is 11.0 Å². The molecule has 4 aromatic carbocycles. The van der Waals surface area contributed by atoms with Crippen LogP contribution in [-0.2, 0) is 27.5 Å². The Kier molecular flexibility index (Phi) is 5.52. The Bertz CT molecular complexity index is 1420. The van der Waals surface area contributed by atoms with Crippen molar-refractivity contribution in [1.29, 1.82) is 0 Å². The van der Waals surface area contributed by atoms with Gasteiger partial charge < -0.3 is 0 Å². The van der Waals surface area contributed by atoms with Gasteiger partial charge in [-0.2, -0.15) is 0 Å². The second-order valence-electron chi connectivity index (χ2n) is 8.08. The molecule has 164 valence electrons. The summed E-state index contributed by atoms with van der Waals surface area (Å²) in [5.41, 5.74) is 3.16. The number of para-hydroxylation sites is 1. The highest BCUT2D eigenvalue weighted by molar-refractivity contribution is 7.92. The topological polar surface area (TPSA) is 64.8 Å². The minimum Gasteiger partial charge on any atom is -0.222 e. The number of sulfone groups is 1. The first kappa shape index (κ1) is 21.1. The third kappa shape index (κ3) is 3.83. The van der Waals surface area contributed by atoms with E-state index in [-0.39, 0.29) is 17.7 Å². The molecule has 5 nitrogen and oxygen atoms in total. The van der Waals surface area contributed by atoms with E-state index < -0.39 is 14.7 Å². The van der Waals surface area contributed by atoms with Crippen molar-refractivity contribution in [1.82, 2.24) is 15.0 Å². The molecule has 0 saturated carbocycles. The third-order valence-electron chi connectivity index (χ3n) is 5.94. The van der Waals surface area contributed by atoms with Crippen molar-refractivity contribution in [2.75, 3.05) is 0 Å². The molecule has 0 N–H and O–H groups in total. The van der Waals surface area contributed by atoms with Crippen molar-refractivity contribution < 1.29 is 8.42 Å². The lowest BCUT2D eigenvalue weighted by Gasteiger charge is -2.34. The second kappa shape index (κ2) is 8.64. The second-order valence-corrected chi connectivity index (χ2v) is 10.3. The summed E-state index contributed by atoms with van der Waals surface area (Å²) < 4.78 is 30.6. The van der Waals surface area contributed by atoms with Gasteiger partial charge in [-0.05, 0) is 35.4 Å². The molecule has 0 aliphatic heterocycles. The van der Waals surface area contributed by atoms with E-state index in [1.807, 2.05) is 91.0 Å². The molecule has 0 aliphatic carbocycles. The van der Waals surface area contributed by atoms with Crippen LogP contribution in [0.2, 0.25) is 0 Å². The molecular weight excluding hydrogens is 430 g/mol. The van der Waals surface area contributed by atoms with Crippen LogP contribution >= 0.6 is 0 Å². The molecule has 0 spiro atoms. The van der Waals surface area contributed by atoms with E-state index in [0.717, 1.165) is 11.1 Å². The van der Waals surface area contributed by atoms with E-state index in [1.54, 1.807) is 28.9 Å². The lowest BCUT2D eigenvalue weighted by molar-refractivity contribution is 0.362. The van der Waals surface area contributed by atoms with Gasteiger partial charge in [0.05, 0.1) is 10.4 Å². The summed E-state index contributed by atoms with van der Waals surface area (Å²) in [4.78, 5) is -1.16. The summed E-state index contributed by atoms with van der Waals surface area (Å²) in [5.74, 6) is 0. The fourth-order valence-electron chi connectivity index (χ4n) is 4.33. The Labute approximate surface area is 193 Å². The van der Waals surface area contributed by atoms with Crippen LogP contribution in [0.5, 0.6) is 0 Å². The number of rotatable bonds is 7. The molecule has 0 unspecified atom stereocenters. The van der Waals surface area contributed by atoms with Gasteiger partial charge in [0.1, 0.15) is 5.52 Å². The summed E-state index contributed by atoms with van der Waals surface area (Å²) in [7, 11) is -3.91. The molecule has 5 aromatic rings. The summed E-state index contributed by atoms with van der Waals surface area (Å²) in [6, 6.07) is 35.5. The quantitative estimate of drug-likeness (QED) is 0.346. The van der Waals surface area contributed by atoms with Gasteiger partial charge in [-0.15, -0.1) is 5.10 Å². The number of aromatic nitrogens is 3. The minimum atomic E-state index is -3.91. The first-order chi connectivity index (χ1) is 16.1. The van der Waals surface area contributed by atoms with Crippen LogP contribution in [0, 0.1) is 0 Å². The number of nitrogens with zero attached hydrogens (tertiary/aromatic N) is 3. The van der Waals surface area contributed by atoms with Gasteiger partial charge in [-0.25, -0.2) is 13.1 Å². The van der Waals surface area contributed by atoms with E-state index in [0.29, 0.717) is 11.0 Å². The Morgan fingerprint density at radius 1 is 0.636 bits per heavy atom. The smallest absolute Gasteiger partial charge is 0.204 e. The van der Waals surface area contributed by atoms with Gasteiger partial charge in [0, 0.05) is 12.8 Å². The van der Waals surface area contributed by atoms with Crippen molar-refractivity contribution in [2.45, 2.75) is 22.6 Å². The highest BCUT2D eigenvalue weighted by Gasteiger charge is 2.48. The Balaban J connectivity index is 1.83. The average Bonchev–Trinajstić information content (AvgIpc) is 3.30. The standard InChI is InChI=1S/C27H23N3O2S/c31-33(32,24-16-8-3-9-17-24)27(20-22-12-4-1-5-13-22,21-23-14-6-2-7-15-23)30-26-19-11-10-18-25(26)28-29-30/h1-19H,20-21H2. The first-order valence-corrected chi connectivity index (χ1v) is 12.3. The molecule has 0 amide bonds. The van der Waals surface area contributed by atoms with E-state index >= 15 is 0 Å². The van der Waals surface area contributed by atoms with Crippen molar-refractivity contribution in [3.8, 4) is 0 Å².